The molecule has 19 heavy (non-hydrogen) atoms. The van der Waals surface area contributed by atoms with Gasteiger partial charge in [-0.05, 0) is 32.7 Å². The number of hydrogen-bond acceptors (Lipinski definition) is 4. The minimum absolute atomic E-state index is 0.448. The van der Waals surface area contributed by atoms with Gasteiger partial charge >= 0.3 is 0 Å². The Kier molecular flexibility index (Phi) is 6.46. The summed E-state index contributed by atoms with van der Waals surface area (Å²) in [5.74, 6) is 1.28. The average molecular weight is 286 g/mol. The monoisotopic (exact) mass is 286 g/mol. The van der Waals surface area contributed by atoms with Crippen LogP contribution >= 0.6 is 11.8 Å². The molecule has 4 unspecified atom stereocenters. The van der Waals surface area contributed by atoms with E-state index in [1.165, 1.54) is 31.6 Å². The molecule has 0 radical (unpaired) electrons. The lowest BCUT2D eigenvalue weighted by Crippen LogP contribution is -2.47. The van der Waals surface area contributed by atoms with Crippen LogP contribution in [0.25, 0.3) is 0 Å². The molecule has 0 saturated carbocycles. The summed E-state index contributed by atoms with van der Waals surface area (Å²) in [6.07, 6.45) is 4.59. The van der Waals surface area contributed by atoms with Crippen molar-refractivity contribution in [3.63, 3.8) is 0 Å². The summed E-state index contributed by atoms with van der Waals surface area (Å²) in [7, 11) is 0. The molecular formula is C15H30N2OS. The van der Waals surface area contributed by atoms with Crippen molar-refractivity contribution in [1.82, 2.24) is 10.2 Å². The van der Waals surface area contributed by atoms with E-state index in [4.69, 9.17) is 4.74 Å². The molecule has 2 aliphatic heterocycles. The molecule has 4 atom stereocenters. The normalized spacial score (nSPS) is 36.8. The molecule has 0 aliphatic carbocycles. The molecule has 0 aromatic carbocycles. The fourth-order valence-corrected chi connectivity index (χ4v) is 4.18. The van der Waals surface area contributed by atoms with Crippen molar-refractivity contribution in [3.05, 3.63) is 0 Å². The molecule has 2 rings (SSSR count). The van der Waals surface area contributed by atoms with Crippen LogP contribution in [0, 0.1) is 0 Å². The standard InChI is InChI=1S/C15H30N2OS/c1-4-7-16-10-14-5-6-15(18-14)11-17-8-9-19-13(3)12(17)2/h12-16H,4-11H2,1-3H3. The average Bonchev–Trinajstić information content (AvgIpc) is 2.83. The van der Waals surface area contributed by atoms with Crippen LogP contribution in [0.15, 0.2) is 0 Å². The topological polar surface area (TPSA) is 24.5 Å². The van der Waals surface area contributed by atoms with E-state index in [-0.39, 0.29) is 0 Å². The fraction of sp³-hybridized carbons (Fsp3) is 1.00. The second-order valence-electron chi connectivity index (χ2n) is 5.97. The second kappa shape index (κ2) is 7.87. The fourth-order valence-electron chi connectivity index (χ4n) is 3.02. The van der Waals surface area contributed by atoms with Crippen molar-refractivity contribution < 1.29 is 4.74 Å². The van der Waals surface area contributed by atoms with Crippen LogP contribution in [-0.4, -0.2) is 60.3 Å². The highest BCUT2D eigenvalue weighted by Crippen LogP contribution is 2.27. The maximum atomic E-state index is 6.18. The molecule has 0 amide bonds. The first-order chi connectivity index (χ1) is 9.20. The molecule has 0 aromatic heterocycles. The number of thioether (sulfide) groups is 1. The van der Waals surface area contributed by atoms with Crippen LogP contribution in [0.1, 0.15) is 40.0 Å². The second-order valence-corrected chi connectivity index (χ2v) is 7.46. The molecule has 4 heteroatoms. The van der Waals surface area contributed by atoms with Crippen molar-refractivity contribution in [1.29, 1.82) is 0 Å². The molecule has 2 fully saturated rings. The van der Waals surface area contributed by atoms with Crippen molar-refractivity contribution in [2.75, 3.05) is 31.9 Å². The smallest absolute Gasteiger partial charge is 0.0707 e. The third-order valence-electron chi connectivity index (χ3n) is 4.45. The van der Waals surface area contributed by atoms with Crippen LogP contribution in [0.2, 0.25) is 0 Å². The van der Waals surface area contributed by atoms with Gasteiger partial charge in [-0.1, -0.05) is 13.8 Å². The van der Waals surface area contributed by atoms with Crippen LogP contribution in [-0.2, 0) is 4.74 Å². The largest absolute Gasteiger partial charge is 0.372 e. The zero-order valence-corrected chi connectivity index (χ0v) is 13.5. The summed E-state index contributed by atoms with van der Waals surface area (Å²) >= 11 is 2.11. The van der Waals surface area contributed by atoms with Gasteiger partial charge < -0.3 is 10.1 Å². The van der Waals surface area contributed by atoms with Crippen LogP contribution in [0.3, 0.4) is 0 Å². The van der Waals surface area contributed by atoms with E-state index in [1.807, 2.05) is 0 Å². The summed E-state index contributed by atoms with van der Waals surface area (Å²) in [4.78, 5) is 2.63. The molecule has 2 saturated heterocycles. The highest BCUT2D eigenvalue weighted by molar-refractivity contribution is 8.00. The van der Waals surface area contributed by atoms with Gasteiger partial charge in [0, 0.05) is 36.7 Å². The Balaban J connectivity index is 1.69. The summed E-state index contributed by atoms with van der Waals surface area (Å²) in [5.41, 5.74) is 0. The molecule has 0 bridgehead atoms. The molecule has 3 nitrogen and oxygen atoms in total. The van der Waals surface area contributed by atoms with E-state index in [0.717, 1.165) is 24.9 Å². The molecule has 0 aromatic rings. The Bertz CT molecular complexity index is 265. The lowest BCUT2D eigenvalue weighted by molar-refractivity contribution is 0.0166. The first-order valence-corrected chi connectivity index (χ1v) is 8.97. The van der Waals surface area contributed by atoms with Gasteiger partial charge in [0.1, 0.15) is 0 Å². The van der Waals surface area contributed by atoms with E-state index < -0.39 is 0 Å². The third-order valence-corrected chi connectivity index (χ3v) is 5.78. The first-order valence-electron chi connectivity index (χ1n) is 7.92. The van der Waals surface area contributed by atoms with Crippen LogP contribution in [0.4, 0.5) is 0 Å². The Labute approximate surface area is 122 Å². The van der Waals surface area contributed by atoms with Crippen molar-refractivity contribution in [2.45, 2.75) is 63.5 Å². The van der Waals surface area contributed by atoms with Gasteiger partial charge in [-0.3, -0.25) is 4.90 Å². The lowest BCUT2D eigenvalue weighted by atomic mass is 10.1. The SMILES string of the molecule is CCCNCC1CCC(CN2CCSC(C)C2C)O1. The van der Waals surface area contributed by atoms with Crippen LogP contribution < -0.4 is 5.32 Å². The zero-order chi connectivity index (χ0) is 13.7. The summed E-state index contributed by atoms with van der Waals surface area (Å²) in [6, 6.07) is 0.694. The molecule has 1 N–H and O–H groups in total. The zero-order valence-electron chi connectivity index (χ0n) is 12.7. The van der Waals surface area contributed by atoms with E-state index in [9.17, 15) is 0 Å². The maximum absolute atomic E-state index is 6.18. The van der Waals surface area contributed by atoms with Crippen molar-refractivity contribution >= 4 is 11.8 Å². The highest BCUT2D eigenvalue weighted by atomic mass is 32.2. The maximum Gasteiger partial charge on any atom is 0.0707 e. The molecule has 112 valence electrons. The minimum Gasteiger partial charge on any atom is -0.372 e. The van der Waals surface area contributed by atoms with Crippen molar-refractivity contribution in [3.8, 4) is 0 Å². The Hall–Kier alpha value is 0.230. The number of hydrogen-bond donors (Lipinski definition) is 1. The summed E-state index contributed by atoms with van der Waals surface area (Å²) < 4.78 is 6.18. The van der Waals surface area contributed by atoms with Crippen LogP contribution in [0.5, 0.6) is 0 Å². The number of rotatable bonds is 6. The van der Waals surface area contributed by atoms with Gasteiger partial charge in [0.15, 0.2) is 0 Å². The predicted molar refractivity (Wildman–Crippen MR) is 84.0 cm³/mol. The number of nitrogens with one attached hydrogen (secondary N) is 1. The lowest BCUT2D eigenvalue weighted by Gasteiger charge is -2.38. The minimum atomic E-state index is 0.448. The molecule has 2 heterocycles. The Morgan fingerprint density at radius 2 is 2.05 bits per heavy atom. The third kappa shape index (κ3) is 4.62. The predicted octanol–water partition coefficient (Wildman–Crippen LogP) is 2.36. The van der Waals surface area contributed by atoms with E-state index in [2.05, 4.69) is 42.7 Å². The van der Waals surface area contributed by atoms with Gasteiger partial charge in [0.2, 0.25) is 0 Å². The van der Waals surface area contributed by atoms with E-state index in [0.29, 0.717) is 18.2 Å². The number of nitrogens with zero attached hydrogens (tertiary/aromatic N) is 1. The van der Waals surface area contributed by atoms with Gasteiger partial charge in [0.05, 0.1) is 12.2 Å². The quantitative estimate of drug-likeness (QED) is 0.758. The summed E-state index contributed by atoms with van der Waals surface area (Å²) in [6.45, 7) is 11.4. The van der Waals surface area contributed by atoms with Crippen molar-refractivity contribution in [2.24, 2.45) is 0 Å². The van der Waals surface area contributed by atoms with Gasteiger partial charge in [-0.15, -0.1) is 0 Å². The number of ether oxygens (including phenoxy) is 1. The molecule has 0 spiro atoms. The highest BCUT2D eigenvalue weighted by Gasteiger charge is 2.31. The molecular weight excluding hydrogens is 256 g/mol. The Morgan fingerprint density at radius 1 is 1.26 bits per heavy atom. The summed E-state index contributed by atoms with van der Waals surface area (Å²) in [5, 5.41) is 4.24. The van der Waals surface area contributed by atoms with Gasteiger partial charge in [-0.25, -0.2) is 0 Å². The van der Waals surface area contributed by atoms with E-state index >= 15 is 0 Å². The first kappa shape index (κ1) is 15.6. The van der Waals surface area contributed by atoms with Gasteiger partial charge in [-0.2, -0.15) is 11.8 Å². The Morgan fingerprint density at radius 3 is 2.84 bits per heavy atom. The molecule has 2 aliphatic rings. The van der Waals surface area contributed by atoms with Gasteiger partial charge in [0.25, 0.3) is 0 Å². The van der Waals surface area contributed by atoms with E-state index in [1.54, 1.807) is 0 Å².